The van der Waals surface area contributed by atoms with Crippen LogP contribution in [0.15, 0.2) is 109 Å². The Morgan fingerprint density at radius 3 is 2.59 bits per heavy atom. The molecule has 4 N–H and O–H groups in total. The van der Waals surface area contributed by atoms with Crippen LogP contribution in [0.1, 0.15) is 44.3 Å². The second kappa shape index (κ2) is 9.54. The van der Waals surface area contributed by atoms with Gasteiger partial charge in [-0.1, -0.05) is 60.7 Å². The first kappa shape index (κ1) is 23.8. The van der Waals surface area contributed by atoms with Crippen LogP contribution in [0.3, 0.4) is 0 Å². The van der Waals surface area contributed by atoms with Gasteiger partial charge in [0.2, 0.25) is 0 Å². The first-order valence-electron chi connectivity index (χ1n) is 14.0. The van der Waals surface area contributed by atoms with E-state index in [0.29, 0.717) is 6.54 Å². The van der Waals surface area contributed by atoms with Crippen molar-refractivity contribution in [3.05, 3.63) is 143 Å². The fourth-order valence-electron chi connectivity index (χ4n) is 6.34. The second-order valence-corrected chi connectivity index (χ2v) is 10.9. The number of carbonyl (C=O) groups excluding carboxylic acids is 1. The molecule has 7 aromatic rings. The third-order valence-corrected chi connectivity index (χ3v) is 8.34. The van der Waals surface area contributed by atoms with Crippen LogP contribution in [0.5, 0.6) is 0 Å². The van der Waals surface area contributed by atoms with E-state index in [4.69, 9.17) is 0 Å². The zero-order valence-corrected chi connectivity index (χ0v) is 22.4. The normalized spacial score (nSPS) is 14.7. The van der Waals surface area contributed by atoms with Crippen molar-refractivity contribution in [1.29, 1.82) is 0 Å². The van der Waals surface area contributed by atoms with Gasteiger partial charge >= 0.3 is 0 Å². The van der Waals surface area contributed by atoms with Crippen molar-refractivity contribution in [2.45, 2.75) is 25.7 Å². The molecule has 0 bridgehead atoms. The van der Waals surface area contributed by atoms with Gasteiger partial charge in [0.05, 0.1) is 6.04 Å². The smallest absolute Gasteiger partial charge is 0.252 e. The lowest BCUT2D eigenvalue weighted by Gasteiger charge is -2.15. The van der Waals surface area contributed by atoms with E-state index in [1.165, 1.54) is 22.0 Å². The van der Waals surface area contributed by atoms with Gasteiger partial charge in [0.15, 0.2) is 0 Å². The fourth-order valence-corrected chi connectivity index (χ4v) is 6.34. The van der Waals surface area contributed by atoms with Crippen LogP contribution in [0.4, 0.5) is 0 Å². The Labute approximate surface area is 237 Å². The Kier molecular flexibility index (Phi) is 5.53. The number of nitrogens with zero attached hydrogens (tertiary/aromatic N) is 1. The summed E-state index contributed by atoms with van der Waals surface area (Å²) in [6, 6.07) is 33.7. The number of hydrogen-bond acceptors (Lipinski definition) is 2. The van der Waals surface area contributed by atoms with Crippen molar-refractivity contribution in [3.63, 3.8) is 0 Å². The average Bonchev–Trinajstić information content (AvgIpc) is 3.77. The zero-order chi connectivity index (χ0) is 27.3. The number of carbonyl (C=O) groups is 1. The molecule has 8 rings (SSSR count). The number of nitrogens with one attached hydrogen (secondary N) is 4. The summed E-state index contributed by atoms with van der Waals surface area (Å²) in [4.78, 5) is 20.0. The molecule has 1 unspecified atom stereocenters. The van der Waals surface area contributed by atoms with E-state index in [-0.39, 0.29) is 11.9 Å². The highest BCUT2D eigenvalue weighted by atomic mass is 16.2. The summed E-state index contributed by atoms with van der Waals surface area (Å²) in [5, 5.41) is 10.4. The van der Waals surface area contributed by atoms with Crippen molar-refractivity contribution in [1.82, 2.24) is 25.2 Å². The number of amides is 1. The Hall–Kier alpha value is -5.07. The minimum absolute atomic E-state index is 0.0240. The number of fused-ring (bicyclic) bond motifs is 4. The van der Waals surface area contributed by atoms with Crippen LogP contribution in [0.2, 0.25) is 0 Å². The van der Waals surface area contributed by atoms with Crippen molar-refractivity contribution < 1.29 is 4.79 Å². The summed E-state index contributed by atoms with van der Waals surface area (Å²) in [5.41, 5.74) is 9.84. The molecule has 4 aromatic carbocycles. The van der Waals surface area contributed by atoms with Crippen molar-refractivity contribution in [2.75, 3.05) is 0 Å². The van der Waals surface area contributed by atoms with E-state index >= 15 is 0 Å². The van der Waals surface area contributed by atoms with Crippen LogP contribution in [0, 0.1) is 0 Å². The molecule has 0 radical (unpaired) electrons. The van der Waals surface area contributed by atoms with Gasteiger partial charge in [0.1, 0.15) is 0 Å². The second-order valence-electron chi connectivity index (χ2n) is 10.9. The van der Waals surface area contributed by atoms with Crippen molar-refractivity contribution in [3.8, 4) is 0 Å². The molecule has 0 saturated carbocycles. The molecule has 1 atom stereocenters. The SMILES string of the molecule is O=C1NC(c2c(CNCc3ccc4ccn(Cc5ccccc5)c4c3)[nH]c3ccccc23)c2cc3[nH]ccc3cc21. The van der Waals surface area contributed by atoms with Gasteiger partial charge in [0.25, 0.3) is 5.91 Å². The Bertz CT molecular complexity index is 2060. The Morgan fingerprint density at radius 2 is 1.66 bits per heavy atom. The predicted octanol–water partition coefficient (Wildman–Crippen LogP) is 6.77. The summed E-state index contributed by atoms with van der Waals surface area (Å²) in [5.74, 6) is -0.0240. The van der Waals surface area contributed by atoms with E-state index < -0.39 is 0 Å². The Morgan fingerprint density at radius 1 is 0.780 bits per heavy atom. The number of aromatic nitrogens is 3. The topological polar surface area (TPSA) is 77.6 Å². The largest absolute Gasteiger partial charge is 0.361 e. The molecule has 4 heterocycles. The quantitative estimate of drug-likeness (QED) is 0.182. The maximum atomic E-state index is 13.1. The van der Waals surface area contributed by atoms with E-state index in [1.807, 2.05) is 24.4 Å². The molecule has 200 valence electrons. The van der Waals surface area contributed by atoms with Crippen LogP contribution >= 0.6 is 0 Å². The summed E-state index contributed by atoms with van der Waals surface area (Å²) >= 11 is 0. The van der Waals surface area contributed by atoms with E-state index in [1.54, 1.807) is 0 Å². The van der Waals surface area contributed by atoms with Gasteiger partial charge in [-0.3, -0.25) is 4.79 Å². The molecule has 0 aliphatic carbocycles. The fraction of sp³-hybridized carbons (Fsp3) is 0.114. The van der Waals surface area contributed by atoms with Crippen LogP contribution in [-0.4, -0.2) is 20.4 Å². The van der Waals surface area contributed by atoms with Crippen LogP contribution in [0.25, 0.3) is 32.7 Å². The number of rotatable bonds is 7. The zero-order valence-electron chi connectivity index (χ0n) is 22.4. The molecule has 0 saturated heterocycles. The lowest BCUT2D eigenvalue weighted by atomic mass is 9.95. The summed E-state index contributed by atoms with van der Waals surface area (Å²) < 4.78 is 2.31. The van der Waals surface area contributed by atoms with Gasteiger partial charge < -0.3 is 25.2 Å². The lowest BCUT2D eigenvalue weighted by Crippen LogP contribution is -2.22. The van der Waals surface area contributed by atoms with Gasteiger partial charge in [-0.2, -0.15) is 0 Å². The van der Waals surface area contributed by atoms with Gasteiger partial charge in [-0.05, 0) is 58.5 Å². The molecule has 1 amide bonds. The summed E-state index contributed by atoms with van der Waals surface area (Å²) in [6.07, 6.45) is 4.09. The molecule has 0 fully saturated rings. The molecular formula is C35H29N5O. The van der Waals surface area contributed by atoms with Gasteiger partial charge in [-0.15, -0.1) is 0 Å². The minimum atomic E-state index is -0.212. The molecule has 1 aliphatic heterocycles. The monoisotopic (exact) mass is 535 g/mol. The van der Waals surface area contributed by atoms with Crippen molar-refractivity contribution in [2.24, 2.45) is 0 Å². The number of H-pyrrole nitrogens is 2. The maximum Gasteiger partial charge on any atom is 0.252 e. The van der Waals surface area contributed by atoms with E-state index in [2.05, 4.69) is 110 Å². The molecule has 3 aromatic heterocycles. The number of hydrogen-bond donors (Lipinski definition) is 4. The van der Waals surface area contributed by atoms with Gasteiger partial charge in [0, 0.05) is 76.2 Å². The summed E-state index contributed by atoms with van der Waals surface area (Å²) in [6.45, 7) is 2.24. The Balaban J connectivity index is 1.08. The maximum absolute atomic E-state index is 13.1. The minimum Gasteiger partial charge on any atom is -0.361 e. The number of aromatic amines is 2. The van der Waals surface area contributed by atoms with E-state index in [0.717, 1.165) is 57.3 Å². The highest BCUT2D eigenvalue weighted by molar-refractivity contribution is 6.04. The third kappa shape index (κ3) is 4.12. The highest BCUT2D eigenvalue weighted by Crippen LogP contribution is 2.38. The molecule has 6 heteroatoms. The van der Waals surface area contributed by atoms with Crippen LogP contribution < -0.4 is 10.6 Å². The lowest BCUT2D eigenvalue weighted by molar-refractivity contribution is 0.0960. The first-order chi connectivity index (χ1) is 20.2. The number of para-hydroxylation sites is 1. The number of benzene rings is 4. The predicted molar refractivity (Wildman–Crippen MR) is 164 cm³/mol. The standard InChI is InChI=1S/C35H29N5O/c41-35-28-17-25-12-14-37-30(25)18-27(28)34(39-35)33-26-8-4-5-9-29(26)38-31(33)20-36-19-23-10-11-24-13-15-40(32(24)16-23)21-22-6-2-1-3-7-22/h1-18,34,36-38H,19-21H2,(H,39,41). The third-order valence-electron chi connectivity index (χ3n) is 8.34. The molecule has 0 spiro atoms. The molecule has 1 aliphatic rings. The van der Waals surface area contributed by atoms with Crippen LogP contribution in [-0.2, 0) is 19.6 Å². The average molecular weight is 536 g/mol. The molecular weight excluding hydrogens is 506 g/mol. The van der Waals surface area contributed by atoms with Gasteiger partial charge in [-0.25, -0.2) is 0 Å². The summed E-state index contributed by atoms with van der Waals surface area (Å²) in [7, 11) is 0. The first-order valence-corrected chi connectivity index (χ1v) is 14.0. The molecule has 41 heavy (non-hydrogen) atoms. The van der Waals surface area contributed by atoms with E-state index in [9.17, 15) is 4.79 Å². The van der Waals surface area contributed by atoms with Crippen molar-refractivity contribution >= 4 is 38.6 Å². The highest BCUT2D eigenvalue weighted by Gasteiger charge is 2.33. The molecule has 6 nitrogen and oxygen atoms in total.